The summed E-state index contributed by atoms with van der Waals surface area (Å²) < 4.78 is 4.54. The zero-order valence-corrected chi connectivity index (χ0v) is 10.4. The van der Waals surface area contributed by atoms with Crippen LogP contribution in [-0.4, -0.2) is 36.7 Å². The van der Waals surface area contributed by atoms with E-state index in [4.69, 9.17) is 0 Å². The molecule has 0 amide bonds. The largest absolute Gasteiger partial charge is 0.468 e. The van der Waals surface area contributed by atoms with Crippen LogP contribution in [0.5, 0.6) is 0 Å². The van der Waals surface area contributed by atoms with Crippen molar-refractivity contribution in [2.24, 2.45) is 0 Å². The second kappa shape index (κ2) is 7.12. The maximum Gasteiger partial charge on any atom is 0.315 e. The van der Waals surface area contributed by atoms with Gasteiger partial charge in [-0.1, -0.05) is 0 Å². The average Bonchev–Trinajstić information content (AvgIpc) is 2.08. The Balaban J connectivity index is 3.18. The molecule has 0 aliphatic carbocycles. The van der Waals surface area contributed by atoms with Crippen LogP contribution in [0.4, 0.5) is 0 Å². The molecule has 0 bridgehead atoms. The summed E-state index contributed by atoms with van der Waals surface area (Å²) in [6, 6.07) is 0. The standard InChI is InChI=1S/C10H21NO2S/c1-10(2,3)11-6-5-7-14-8-9(12)13-4/h11H,5-8H2,1-4H3. The summed E-state index contributed by atoms with van der Waals surface area (Å²) >= 11 is 1.62. The molecule has 0 aromatic rings. The van der Waals surface area contributed by atoms with Crippen LogP contribution in [0.15, 0.2) is 0 Å². The van der Waals surface area contributed by atoms with Crippen molar-refractivity contribution in [2.45, 2.75) is 32.7 Å². The molecular weight excluding hydrogens is 198 g/mol. The Hall–Kier alpha value is -0.220. The van der Waals surface area contributed by atoms with Crippen LogP contribution < -0.4 is 5.32 Å². The lowest BCUT2D eigenvalue weighted by atomic mass is 10.1. The lowest BCUT2D eigenvalue weighted by Gasteiger charge is -2.20. The number of hydrogen-bond donors (Lipinski definition) is 1. The molecule has 0 aliphatic heterocycles. The fourth-order valence-electron chi connectivity index (χ4n) is 0.852. The highest BCUT2D eigenvalue weighted by Gasteiger charge is 2.07. The number of hydrogen-bond acceptors (Lipinski definition) is 4. The van der Waals surface area contributed by atoms with Gasteiger partial charge in [0, 0.05) is 5.54 Å². The van der Waals surface area contributed by atoms with Crippen LogP contribution in [-0.2, 0) is 9.53 Å². The van der Waals surface area contributed by atoms with E-state index >= 15 is 0 Å². The molecular formula is C10H21NO2S. The molecule has 0 aliphatic rings. The fourth-order valence-corrected chi connectivity index (χ4v) is 1.63. The Bertz CT molecular complexity index is 166. The first-order chi connectivity index (χ1) is 6.45. The minimum atomic E-state index is -0.140. The number of thioether (sulfide) groups is 1. The van der Waals surface area contributed by atoms with Gasteiger partial charge in [0.1, 0.15) is 0 Å². The smallest absolute Gasteiger partial charge is 0.315 e. The van der Waals surface area contributed by atoms with E-state index in [1.54, 1.807) is 11.8 Å². The first kappa shape index (κ1) is 13.8. The van der Waals surface area contributed by atoms with Gasteiger partial charge in [0.05, 0.1) is 12.9 Å². The van der Waals surface area contributed by atoms with Gasteiger partial charge in [0.15, 0.2) is 0 Å². The number of nitrogens with one attached hydrogen (secondary N) is 1. The number of rotatable bonds is 6. The predicted octanol–water partition coefficient (Wildman–Crippen LogP) is 1.67. The molecule has 14 heavy (non-hydrogen) atoms. The van der Waals surface area contributed by atoms with Crippen molar-refractivity contribution in [3.8, 4) is 0 Å². The van der Waals surface area contributed by atoms with Gasteiger partial charge >= 0.3 is 5.97 Å². The minimum absolute atomic E-state index is 0.140. The first-order valence-electron chi connectivity index (χ1n) is 4.85. The molecule has 0 heterocycles. The van der Waals surface area contributed by atoms with Gasteiger partial charge in [-0.25, -0.2) is 0 Å². The van der Waals surface area contributed by atoms with E-state index in [1.165, 1.54) is 7.11 Å². The van der Waals surface area contributed by atoms with Crippen LogP contribution in [0.1, 0.15) is 27.2 Å². The monoisotopic (exact) mass is 219 g/mol. The summed E-state index contributed by atoms with van der Waals surface area (Å²) in [5.74, 6) is 1.32. The van der Waals surface area contributed by atoms with Crippen molar-refractivity contribution in [2.75, 3.05) is 25.2 Å². The van der Waals surface area contributed by atoms with E-state index in [0.29, 0.717) is 5.75 Å². The molecule has 3 nitrogen and oxygen atoms in total. The summed E-state index contributed by atoms with van der Waals surface area (Å²) in [7, 11) is 1.42. The highest BCUT2D eigenvalue weighted by molar-refractivity contribution is 7.99. The maximum atomic E-state index is 10.7. The van der Waals surface area contributed by atoms with Gasteiger partial charge in [-0.15, -0.1) is 0 Å². The Labute approximate surface area is 91.0 Å². The third-order valence-corrected chi connectivity index (χ3v) is 2.59. The summed E-state index contributed by atoms with van der Waals surface area (Å²) in [4.78, 5) is 10.7. The molecule has 0 rings (SSSR count). The Morgan fingerprint density at radius 2 is 2.07 bits per heavy atom. The van der Waals surface area contributed by atoms with Gasteiger partial charge < -0.3 is 10.1 Å². The Morgan fingerprint density at radius 3 is 2.57 bits per heavy atom. The van der Waals surface area contributed by atoms with Crippen molar-refractivity contribution in [1.29, 1.82) is 0 Å². The second-order valence-electron chi connectivity index (χ2n) is 4.16. The van der Waals surface area contributed by atoms with E-state index < -0.39 is 0 Å². The third-order valence-electron chi connectivity index (χ3n) is 1.57. The predicted molar refractivity (Wildman–Crippen MR) is 61.7 cm³/mol. The zero-order chi connectivity index (χ0) is 11.0. The lowest BCUT2D eigenvalue weighted by Crippen LogP contribution is -2.36. The van der Waals surface area contributed by atoms with Crippen molar-refractivity contribution in [3.63, 3.8) is 0 Å². The van der Waals surface area contributed by atoms with Gasteiger partial charge in [-0.3, -0.25) is 4.79 Å². The maximum absolute atomic E-state index is 10.7. The molecule has 0 radical (unpaired) electrons. The van der Waals surface area contributed by atoms with Gasteiger partial charge in [-0.05, 0) is 39.5 Å². The SMILES string of the molecule is COC(=O)CSCCCNC(C)(C)C. The van der Waals surface area contributed by atoms with Crippen LogP contribution in [0.2, 0.25) is 0 Å². The summed E-state index contributed by atoms with van der Waals surface area (Å²) in [5, 5.41) is 3.39. The number of esters is 1. The molecule has 4 heteroatoms. The van der Waals surface area contributed by atoms with Crippen molar-refractivity contribution in [3.05, 3.63) is 0 Å². The number of ether oxygens (including phenoxy) is 1. The minimum Gasteiger partial charge on any atom is -0.468 e. The van der Waals surface area contributed by atoms with Crippen LogP contribution in [0.3, 0.4) is 0 Å². The van der Waals surface area contributed by atoms with E-state index in [9.17, 15) is 4.79 Å². The number of carbonyl (C=O) groups excluding carboxylic acids is 1. The second-order valence-corrected chi connectivity index (χ2v) is 5.26. The molecule has 0 atom stereocenters. The van der Waals surface area contributed by atoms with E-state index in [1.807, 2.05) is 0 Å². The highest BCUT2D eigenvalue weighted by atomic mass is 32.2. The third kappa shape index (κ3) is 9.86. The van der Waals surface area contributed by atoms with E-state index in [2.05, 4.69) is 30.8 Å². The molecule has 0 saturated carbocycles. The van der Waals surface area contributed by atoms with Gasteiger partial charge in [0.2, 0.25) is 0 Å². The fraction of sp³-hybridized carbons (Fsp3) is 0.900. The molecule has 1 N–H and O–H groups in total. The normalized spacial score (nSPS) is 11.4. The summed E-state index contributed by atoms with van der Waals surface area (Å²) in [6.45, 7) is 7.44. The molecule has 0 saturated heterocycles. The first-order valence-corrected chi connectivity index (χ1v) is 6.01. The van der Waals surface area contributed by atoms with Gasteiger partial charge in [0.25, 0.3) is 0 Å². The lowest BCUT2D eigenvalue weighted by molar-refractivity contribution is -0.137. The summed E-state index contributed by atoms with van der Waals surface area (Å²) in [6.07, 6.45) is 1.08. The van der Waals surface area contributed by atoms with Crippen molar-refractivity contribution < 1.29 is 9.53 Å². The molecule has 0 aromatic heterocycles. The molecule has 84 valence electrons. The van der Waals surface area contributed by atoms with E-state index in [0.717, 1.165) is 18.7 Å². The Kier molecular flexibility index (Phi) is 7.01. The Morgan fingerprint density at radius 1 is 1.43 bits per heavy atom. The number of methoxy groups -OCH3 is 1. The highest BCUT2D eigenvalue weighted by Crippen LogP contribution is 2.03. The topological polar surface area (TPSA) is 38.3 Å². The van der Waals surface area contributed by atoms with Crippen molar-refractivity contribution in [1.82, 2.24) is 5.32 Å². The zero-order valence-electron chi connectivity index (χ0n) is 9.55. The van der Waals surface area contributed by atoms with Crippen LogP contribution in [0.25, 0.3) is 0 Å². The molecule has 0 aromatic carbocycles. The van der Waals surface area contributed by atoms with Crippen molar-refractivity contribution >= 4 is 17.7 Å². The number of carbonyl (C=O) groups is 1. The van der Waals surface area contributed by atoms with Gasteiger partial charge in [-0.2, -0.15) is 11.8 Å². The van der Waals surface area contributed by atoms with Crippen LogP contribution in [0, 0.1) is 0 Å². The molecule has 0 spiro atoms. The average molecular weight is 219 g/mol. The van der Waals surface area contributed by atoms with E-state index in [-0.39, 0.29) is 11.5 Å². The molecule has 0 unspecified atom stereocenters. The summed E-state index contributed by atoms with van der Waals surface area (Å²) in [5.41, 5.74) is 0.188. The quantitative estimate of drug-likeness (QED) is 0.545. The molecule has 0 fully saturated rings. The van der Waals surface area contributed by atoms with Crippen LogP contribution >= 0.6 is 11.8 Å².